The van der Waals surface area contributed by atoms with Crippen molar-refractivity contribution in [3.63, 3.8) is 0 Å². The van der Waals surface area contributed by atoms with Crippen LogP contribution in [0, 0.1) is 25.2 Å². The standard InChI is InChI=1S/C23H27N7O2/c1-16-21(17(2)30(28-16)13-5-11-24)9-10-22(31)26-19-7-4-8-20(15-19)27-23(32)18(3)29-14-6-12-25-29/h4,6-8,12,14-15,18H,5,9-10,13H2,1-3H3,(H,26,31)(H,27,32). The van der Waals surface area contributed by atoms with Gasteiger partial charge in [-0.2, -0.15) is 15.5 Å². The molecule has 0 bridgehead atoms. The minimum absolute atomic E-state index is 0.123. The fraction of sp³-hybridized carbons (Fsp3) is 0.348. The van der Waals surface area contributed by atoms with Gasteiger partial charge in [-0.25, -0.2) is 0 Å². The number of aromatic nitrogens is 4. The lowest BCUT2D eigenvalue weighted by Crippen LogP contribution is -2.24. The Morgan fingerprint density at radius 2 is 1.94 bits per heavy atom. The van der Waals surface area contributed by atoms with Crippen LogP contribution in [0.25, 0.3) is 0 Å². The second-order valence-electron chi connectivity index (χ2n) is 7.56. The first-order chi connectivity index (χ1) is 15.4. The van der Waals surface area contributed by atoms with Crippen molar-refractivity contribution in [3.05, 3.63) is 59.7 Å². The van der Waals surface area contributed by atoms with Crippen LogP contribution in [0.4, 0.5) is 11.4 Å². The second-order valence-corrected chi connectivity index (χ2v) is 7.56. The van der Waals surface area contributed by atoms with Gasteiger partial charge in [0.15, 0.2) is 0 Å². The molecule has 2 N–H and O–H groups in total. The Labute approximate surface area is 187 Å². The first-order valence-corrected chi connectivity index (χ1v) is 10.5. The number of nitriles is 1. The zero-order chi connectivity index (χ0) is 23.1. The predicted molar refractivity (Wildman–Crippen MR) is 121 cm³/mol. The van der Waals surface area contributed by atoms with E-state index in [0.29, 0.717) is 37.2 Å². The summed E-state index contributed by atoms with van der Waals surface area (Å²) in [6.45, 7) is 6.19. The number of aryl methyl sites for hydroxylation is 2. The molecule has 3 aromatic rings. The summed E-state index contributed by atoms with van der Waals surface area (Å²) in [7, 11) is 0. The summed E-state index contributed by atoms with van der Waals surface area (Å²) in [5, 5.41) is 23.1. The number of hydrogen-bond donors (Lipinski definition) is 2. The van der Waals surface area contributed by atoms with Gasteiger partial charge in [0.05, 0.1) is 24.7 Å². The molecule has 2 amide bonds. The number of hydrogen-bond acceptors (Lipinski definition) is 5. The normalized spacial score (nSPS) is 11.6. The van der Waals surface area contributed by atoms with E-state index < -0.39 is 6.04 Å². The first-order valence-electron chi connectivity index (χ1n) is 10.5. The highest BCUT2D eigenvalue weighted by Crippen LogP contribution is 2.19. The SMILES string of the molecule is Cc1nn(CCC#N)c(C)c1CCC(=O)Nc1cccc(NC(=O)C(C)n2cccn2)c1. The van der Waals surface area contributed by atoms with Crippen molar-refractivity contribution in [2.75, 3.05) is 10.6 Å². The van der Waals surface area contributed by atoms with Crippen LogP contribution in [0.5, 0.6) is 0 Å². The molecular formula is C23H27N7O2. The zero-order valence-corrected chi connectivity index (χ0v) is 18.5. The van der Waals surface area contributed by atoms with E-state index >= 15 is 0 Å². The number of nitrogens with zero attached hydrogens (tertiary/aromatic N) is 5. The summed E-state index contributed by atoms with van der Waals surface area (Å²) < 4.78 is 3.40. The molecular weight excluding hydrogens is 406 g/mol. The molecule has 32 heavy (non-hydrogen) atoms. The zero-order valence-electron chi connectivity index (χ0n) is 18.5. The van der Waals surface area contributed by atoms with E-state index in [9.17, 15) is 9.59 Å². The monoisotopic (exact) mass is 433 g/mol. The molecule has 2 heterocycles. The van der Waals surface area contributed by atoms with Crippen molar-refractivity contribution < 1.29 is 9.59 Å². The Balaban J connectivity index is 1.56. The molecule has 9 nitrogen and oxygen atoms in total. The minimum Gasteiger partial charge on any atom is -0.326 e. The third-order valence-corrected chi connectivity index (χ3v) is 5.28. The summed E-state index contributed by atoms with van der Waals surface area (Å²) in [5.74, 6) is -0.321. The summed E-state index contributed by atoms with van der Waals surface area (Å²) in [5.41, 5.74) is 4.10. The summed E-state index contributed by atoms with van der Waals surface area (Å²) in [6.07, 6.45) is 4.62. The lowest BCUT2D eigenvalue weighted by molar-refractivity contribution is -0.119. The third-order valence-electron chi connectivity index (χ3n) is 5.28. The largest absolute Gasteiger partial charge is 0.326 e. The van der Waals surface area contributed by atoms with Crippen molar-refractivity contribution in [3.8, 4) is 6.07 Å². The average molecular weight is 434 g/mol. The molecule has 0 fully saturated rings. The quantitative estimate of drug-likeness (QED) is 0.536. The van der Waals surface area contributed by atoms with E-state index in [-0.39, 0.29) is 11.8 Å². The second kappa shape index (κ2) is 10.4. The van der Waals surface area contributed by atoms with Crippen LogP contribution in [0.15, 0.2) is 42.7 Å². The average Bonchev–Trinajstić information content (AvgIpc) is 3.39. The molecule has 1 unspecified atom stereocenters. The fourth-order valence-corrected chi connectivity index (χ4v) is 3.48. The van der Waals surface area contributed by atoms with Gasteiger partial charge in [-0.15, -0.1) is 0 Å². The summed E-state index contributed by atoms with van der Waals surface area (Å²) in [4.78, 5) is 25.0. The van der Waals surface area contributed by atoms with E-state index in [1.54, 1.807) is 54.3 Å². The van der Waals surface area contributed by atoms with Crippen LogP contribution in [0.2, 0.25) is 0 Å². The van der Waals surface area contributed by atoms with Gasteiger partial charge in [-0.3, -0.25) is 19.0 Å². The number of amides is 2. The topological polar surface area (TPSA) is 118 Å². The molecule has 0 aliphatic carbocycles. The van der Waals surface area contributed by atoms with Gasteiger partial charge in [0.2, 0.25) is 11.8 Å². The Bertz CT molecular complexity index is 1130. The summed E-state index contributed by atoms with van der Waals surface area (Å²) >= 11 is 0. The maximum Gasteiger partial charge on any atom is 0.248 e. The van der Waals surface area contributed by atoms with Crippen LogP contribution in [0.1, 0.15) is 42.8 Å². The van der Waals surface area contributed by atoms with Crippen LogP contribution in [0.3, 0.4) is 0 Å². The van der Waals surface area contributed by atoms with Gasteiger partial charge in [-0.1, -0.05) is 6.07 Å². The maximum atomic E-state index is 12.5. The highest BCUT2D eigenvalue weighted by molar-refractivity contribution is 5.95. The van der Waals surface area contributed by atoms with E-state index in [1.807, 2.05) is 18.5 Å². The molecule has 9 heteroatoms. The number of anilines is 2. The Kier molecular flexibility index (Phi) is 7.39. The van der Waals surface area contributed by atoms with E-state index in [4.69, 9.17) is 5.26 Å². The maximum absolute atomic E-state index is 12.5. The Morgan fingerprint density at radius 1 is 1.19 bits per heavy atom. The smallest absolute Gasteiger partial charge is 0.248 e. The molecule has 1 aromatic carbocycles. The van der Waals surface area contributed by atoms with Gasteiger partial charge in [0.1, 0.15) is 6.04 Å². The van der Waals surface area contributed by atoms with Crippen LogP contribution in [-0.2, 0) is 22.6 Å². The van der Waals surface area contributed by atoms with Gasteiger partial charge < -0.3 is 10.6 Å². The lowest BCUT2D eigenvalue weighted by Gasteiger charge is -2.13. The Hall–Kier alpha value is -3.93. The van der Waals surface area contributed by atoms with E-state index in [1.165, 1.54) is 0 Å². The van der Waals surface area contributed by atoms with E-state index in [0.717, 1.165) is 17.0 Å². The van der Waals surface area contributed by atoms with Gasteiger partial charge in [0, 0.05) is 35.9 Å². The van der Waals surface area contributed by atoms with Crippen molar-refractivity contribution in [2.24, 2.45) is 0 Å². The van der Waals surface area contributed by atoms with Crippen molar-refractivity contribution in [2.45, 2.75) is 52.6 Å². The fourth-order valence-electron chi connectivity index (χ4n) is 3.48. The minimum atomic E-state index is -0.455. The van der Waals surface area contributed by atoms with Crippen molar-refractivity contribution in [1.29, 1.82) is 5.26 Å². The number of nitrogens with one attached hydrogen (secondary N) is 2. The molecule has 0 radical (unpaired) electrons. The molecule has 0 aliphatic rings. The van der Waals surface area contributed by atoms with Crippen molar-refractivity contribution in [1.82, 2.24) is 19.6 Å². The molecule has 2 aromatic heterocycles. The third kappa shape index (κ3) is 5.60. The summed E-state index contributed by atoms with van der Waals surface area (Å²) in [6, 6.07) is 10.5. The van der Waals surface area contributed by atoms with E-state index in [2.05, 4.69) is 26.9 Å². The molecule has 0 spiro atoms. The highest BCUT2D eigenvalue weighted by atomic mass is 16.2. The Morgan fingerprint density at radius 3 is 2.62 bits per heavy atom. The molecule has 0 saturated carbocycles. The predicted octanol–water partition coefficient (Wildman–Crippen LogP) is 3.38. The van der Waals surface area contributed by atoms with Crippen LogP contribution < -0.4 is 10.6 Å². The van der Waals surface area contributed by atoms with Gasteiger partial charge in [-0.05, 0) is 57.0 Å². The lowest BCUT2D eigenvalue weighted by atomic mass is 10.1. The molecule has 3 rings (SSSR count). The van der Waals surface area contributed by atoms with Gasteiger partial charge >= 0.3 is 0 Å². The van der Waals surface area contributed by atoms with Crippen LogP contribution in [-0.4, -0.2) is 31.4 Å². The number of carbonyl (C=O) groups is 2. The number of benzene rings is 1. The number of carbonyl (C=O) groups excluding carboxylic acids is 2. The highest BCUT2D eigenvalue weighted by Gasteiger charge is 2.16. The molecule has 0 saturated heterocycles. The van der Waals surface area contributed by atoms with Gasteiger partial charge in [0.25, 0.3) is 0 Å². The molecule has 1 atom stereocenters. The van der Waals surface area contributed by atoms with Crippen LogP contribution >= 0.6 is 0 Å². The molecule has 0 aliphatic heterocycles. The first kappa shape index (κ1) is 22.7. The molecule has 166 valence electrons. The number of rotatable bonds is 9. The van der Waals surface area contributed by atoms with Crippen molar-refractivity contribution >= 4 is 23.2 Å².